The average molecular weight is 328 g/mol. The van der Waals surface area contributed by atoms with E-state index in [4.69, 9.17) is 14.8 Å². The molecule has 0 aliphatic rings. The fraction of sp³-hybridized carbons (Fsp3) is 0.562. The maximum atomic E-state index is 11.7. The molecule has 5 heteroatoms. The van der Waals surface area contributed by atoms with Crippen molar-refractivity contribution in [1.29, 1.82) is 0 Å². The summed E-state index contributed by atoms with van der Waals surface area (Å²) in [5.74, 6) is 0. The Hall–Kier alpha value is -0.688. The zero-order valence-corrected chi connectivity index (χ0v) is 15.9. The van der Waals surface area contributed by atoms with Crippen molar-refractivity contribution in [2.45, 2.75) is 50.8 Å². The Morgan fingerprint density at radius 1 is 1.19 bits per heavy atom. The van der Waals surface area contributed by atoms with E-state index in [1.807, 2.05) is 51.1 Å². The number of nitrogens with zero attached hydrogens (tertiary/aromatic N) is 1. The average Bonchev–Trinajstić information content (AvgIpc) is 2.45. The van der Waals surface area contributed by atoms with Gasteiger partial charge < -0.3 is 4.74 Å². The summed E-state index contributed by atoms with van der Waals surface area (Å²) in [5.41, 5.74) is 0.367. The van der Waals surface area contributed by atoms with Gasteiger partial charge in [0.25, 0.3) is 0 Å². The monoisotopic (exact) mass is 327 g/mol. The first-order valence-electron chi connectivity index (χ1n) is 7.37. The first-order chi connectivity index (χ1) is 9.71. The van der Waals surface area contributed by atoms with E-state index in [2.05, 4.69) is 13.8 Å². The molecule has 0 unspecified atom stereocenters. The quantitative estimate of drug-likeness (QED) is 0.704. The van der Waals surface area contributed by atoms with Gasteiger partial charge in [-0.3, -0.25) is 14.9 Å². The van der Waals surface area contributed by atoms with E-state index in [1.54, 1.807) is 7.05 Å². The van der Waals surface area contributed by atoms with Gasteiger partial charge in [-0.1, -0.05) is 42.6 Å². The fourth-order valence-electron chi connectivity index (χ4n) is 1.38. The number of carbonyl (C=O) groups excluding carboxylic acids is 1. The largest absolute Gasteiger partial charge is 0.443 e. The number of carbonyl (C=O) groups is 1. The number of amides is 1. The standard InChI is InChI=1S/C12H17NO2.2C2H5.Al.ClH/c1-12(2,3)15-11(14)13(4)10-8-6-5-7-9-10;2*1-2;;/h5-9H,1-4H3;2*1H2,2H3;;1H/q;;;+1;/p-1. The summed E-state index contributed by atoms with van der Waals surface area (Å²) in [4.78, 5) is 13.2. The molecule has 0 N–H and O–H groups in total. The third kappa shape index (κ3) is 9.79. The molecule has 0 spiro atoms. The number of hydrogen-bond donors (Lipinski definition) is 0. The molecule has 1 aromatic carbocycles. The van der Waals surface area contributed by atoms with Crippen LogP contribution in [0.2, 0.25) is 10.6 Å². The summed E-state index contributed by atoms with van der Waals surface area (Å²) in [5, 5.41) is 2.47. The summed E-state index contributed by atoms with van der Waals surface area (Å²) in [6, 6.07) is 9.41. The minimum absolute atomic E-state index is 0.339. The van der Waals surface area contributed by atoms with E-state index in [0.29, 0.717) is 0 Å². The fourth-order valence-corrected chi connectivity index (χ4v) is 1.95. The highest BCUT2D eigenvalue weighted by atomic mass is 35.6. The maximum absolute atomic E-state index is 11.7. The van der Waals surface area contributed by atoms with E-state index < -0.39 is 18.8 Å². The van der Waals surface area contributed by atoms with Gasteiger partial charge in [-0.2, -0.15) is 0 Å². The molecule has 1 aromatic rings. The van der Waals surface area contributed by atoms with E-state index in [0.717, 1.165) is 5.69 Å². The van der Waals surface area contributed by atoms with Crippen LogP contribution in [-0.2, 0) is 4.74 Å². The SMILES string of the molecule is CN(C(=O)OC(C)(C)C)c1ccccc1.C[CH2][Al]([Cl])[CH2]C. The first kappa shape index (κ1) is 20.3. The van der Waals surface area contributed by atoms with Gasteiger partial charge in [0, 0.05) is 12.7 Å². The summed E-state index contributed by atoms with van der Waals surface area (Å²) in [6.45, 7) is 9.87. The van der Waals surface area contributed by atoms with Gasteiger partial charge in [-0.05, 0) is 32.9 Å². The molecule has 0 radical (unpaired) electrons. The molecule has 0 heterocycles. The summed E-state index contributed by atoms with van der Waals surface area (Å²) >= 11 is -0.688. The normalized spacial score (nSPS) is 10.2. The van der Waals surface area contributed by atoms with Gasteiger partial charge in [0.05, 0.1) is 0 Å². The second-order valence-corrected chi connectivity index (χ2v) is 10.5. The van der Waals surface area contributed by atoms with Gasteiger partial charge in [0.1, 0.15) is 5.60 Å². The Morgan fingerprint density at radius 3 is 2.00 bits per heavy atom. The summed E-state index contributed by atoms with van der Waals surface area (Å²) in [6.07, 6.45) is -0.339. The van der Waals surface area contributed by atoms with Gasteiger partial charge in [0.15, 0.2) is 0 Å². The molecule has 0 atom stereocenters. The first-order valence-corrected chi connectivity index (χ1v) is 10.7. The highest BCUT2D eigenvalue weighted by molar-refractivity contribution is 7.06. The van der Waals surface area contributed by atoms with Crippen molar-refractivity contribution >= 4 is 35.1 Å². The van der Waals surface area contributed by atoms with Crippen LogP contribution in [0.4, 0.5) is 10.5 Å². The molecule has 0 aliphatic carbocycles. The third-order valence-electron chi connectivity index (χ3n) is 2.70. The number of benzene rings is 1. The topological polar surface area (TPSA) is 29.5 Å². The molecule has 0 aromatic heterocycles. The molecule has 0 aliphatic heterocycles. The van der Waals surface area contributed by atoms with Crippen LogP contribution in [0.3, 0.4) is 0 Å². The lowest BCUT2D eigenvalue weighted by molar-refractivity contribution is 0.0589. The lowest BCUT2D eigenvalue weighted by Crippen LogP contribution is -2.34. The predicted octanol–water partition coefficient (Wildman–Crippen LogP) is 5.31. The summed E-state index contributed by atoms with van der Waals surface area (Å²) < 4.78 is 5.24. The van der Waals surface area contributed by atoms with Crippen molar-refractivity contribution in [3.63, 3.8) is 0 Å². The summed E-state index contributed by atoms with van der Waals surface area (Å²) in [7, 11) is 7.49. The van der Waals surface area contributed by atoms with Crippen molar-refractivity contribution in [2.24, 2.45) is 0 Å². The van der Waals surface area contributed by atoms with Gasteiger partial charge in [-0.15, -0.1) is 0 Å². The van der Waals surface area contributed by atoms with Crippen molar-refractivity contribution in [3.05, 3.63) is 30.3 Å². The van der Waals surface area contributed by atoms with E-state index in [9.17, 15) is 4.79 Å². The molecule has 0 fully saturated rings. The molecular weight excluding hydrogens is 301 g/mol. The zero-order valence-electron chi connectivity index (χ0n) is 14.0. The molecule has 1 rings (SSSR count). The number of para-hydroxylation sites is 1. The Morgan fingerprint density at radius 2 is 1.67 bits per heavy atom. The van der Waals surface area contributed by atoms with Crippen LogP contribution in [0.5, 0.6) is 0 Å². The number of halogens is 1. The minimum Gasteiger partial charge on any atom is -0.443 e. The molecule has 0 bridgehead atoms. The van der Waals surface area contributed by atoms with Gasteiger partial charge in [0.2, 0.25) is 0 Å². The van der Waals surface area contributed by atoms with Crippen LogP contribution in [0.1, 0.15) is 34.6 Å². The second-order valence-electron chi connectivity index (χ2n) is 5.79. The van der Waals surface area contributed by atoms with Crippen molar-refractivity contribution in [1.82, 2.24) is 0 Å². The highest BCUT2D eigenvalue weighted by Crippen LogP contribution is 2.15. The Labute approximate surface area is 137 Å². The van der Waals surface area contributed by atoms with Crippen molar-refractivity contribution in [3.8, 4) is 0 Å². The van der Waals surface area contributed by atoms with Crippen LogP contribution in [0, 0.1) is 0 Å². The maximum Gasteiger partial charge on any atom is 0.414 e. The highest BCUT2D eigenvalue weighted by Gasteiger charge is 2.20. The number of hydrogen-bond acceptors (Lipinski definition) is 2. The molecule has 0 saturated carbocycles. The molecule has 1 amide bonds. The van der Waals surface area contributed by atoms with Crippen LogP contribution < -0.4 is 4.90 Å². The van der Waals surface area contributed by atoms with E-state index in [1.165, 1.54) is 15.5 Å². The zero-order chi connectivity index (χ0) is 16.5. The van der Waals surface area contributed by atoms with Crippen molar-refractivity contribution < 1.29 is 9.53 Å². The number of ether oxygens (including phenoxy) is 1. The number of rotatable bonds is 3. The van der Waals surface area contributed by atoms with Gasteiger partial charge >= 0.3 is 19.3 Å². The predicted molar refractivity (Wildman–Crippen MR) is 93.6 cm³/mol. The van der Waals surface area contributed by atoms with Crippen LogP contribution >= 0.6 is 10.0 Å². The van der Waals surface area contributed by atoms with Crippen LogP contribution in [-0.4, -0.2) is 32.0 Å². The van der Waals surface area contributed by atoms with Crippen molar-refractivity contribution in [2.75, 3.05) is 11.9 Å². The lowest BCUT2D eigenvalue weighted by atomic mass is 10.2. The third-order valence-corrected chi connectivity index (χ3v) is 6.32. The van der Waals surface area contributed by atoms with Gasteiger partial charge in [-0.25, -0.2) is 4.79 Å². The van der Waals surface area contributed by atoms with Crippen LogP contribution in [0.25, 0.3) is 0 Å². The molecule has 0 saturated heterocycles. The Kier molecular flexibility index (Phi) is 9.78. The Balaban J connectivity index is 0.000000567. The molecule has 118 valence electrons. The smallest absolute Gasteiger partial charge is 0.414 e. The number of anilines is 1. The molecule has 21 heavy (non-hydrogen) atoms. The minimum atomic E-state index is -0.688. The van der Waals surface area contributed by atoms with Crippen LogP contribution in [0.15, 0.2) is 30.3 Å². The lowest BCUT2D eigenvalue weighted by Gasteiger charge is -2.24. The van der Waals surface area contributed by atoms with E-state index in [-0.39, 0.29) is 6.09 Å². The molecular formula is C16H27AlClNO2. The van der Waals surface area contributed by atoms with E-state index >= 15 is 0 Å². The molecule has 3 nitrogen and oxygen atoms in total. The second kappa shape index (κ2) is 10.1. The Bertz CT molecular complexity index is 402.